The zero-order valence-corrected chi connectivity index (χ0v) is 12.4. The Hall–Kier alpha value is -2.63. The van der Waals surface area contributed by atoms with Crippen LogP contribution < -0.4 is 10.5 Å². The van der Waals surface area contributed by atoms with E-state index in [2.05, 4.69) is 0 Å². The van der Waals surface area contributed by atoms with Crippen LogP contribution in [0.15, 0.2) is 42.5 Å². The second kappa shape index (κ2) is 6.24. The molecule has 1 fully saturated rings. The average Bonchev–Trinajstić information content (AvgIpc) is 2.95. The molecule has 0 aliphatic carbocycles. The second-order valence-corrected chi connectivity index (χ2v) is 5.56. The molecule has 2 amide bonds. The first kappa shape index (κ1) is 15.3. The summed E-state index contributed by atoms with van der Waals surface area (Å²) in [6.45, 7) is -0.379. The lowest BCUT2D eigenvalue weighted by molar-refractivity contribution is -0.138. The third-order valence-corrected chi connectivity index (χ3v) is 4.00. The molecule has 2 aromatic rings. The number of alkyl halides is 1. The van der Waals surface area contributed by atoms with Crippen LogP contribution in [0.25, 0.3) is 10.8 Å². The number of amides is 2. The molecular formula is C17H17FN2O3. The van der Waals surface area contributed by atoms with Crippen LogP contribution in [-0.4, -0.2) is 42.1 Å². The van der Waals surface area contributed by atoms with E-state index < -0.39 is 24.0 Å². The molecule has 120 valence electrons. The van der Waals surface area contributed by atoms with Gasteiger partial charge >= 0.3 is 0 Å². The number of likely N-dealkylation sites (tertiary alicyclic amines) is 1. The number of primary amides is 1. The van der Waals surface area contributed by atoms with Crippen molar-refractivity contribution >= 4 is 22.6 Å². The van der Waals surface area contributed by atoms with Crippen molar-refractivity contribution in [3.05, 3.63) is 42.5 Å². The van der Waals surface area contributed by atoms with Crippen LogP contribution in [0.3, 0.4) is 0 Å². The number of nitrogens with two attached hydrogens (primary N) is 1. The molecule has 1 heterocycles. The largest absolute Gasteiger partial charge is 0.483 e. The third-order valence-electron chi connectivity index (χ3n) is 4.00. The number of carbonyl (C=O) groups is 2. The van der Waals surface area contributed by atoms with Gasteiger partial charge in [-0.25, -0.2) is 4.39 Å². The summed E-state index contributed by atoms with van der Waals surface area (Å²) < 4.78 is 19.1. The molecule has 2 N–H and O–H groups in total. The lowest BCUT2D eigenvalue weighted by Crippen LogP contribution is -2.45. The zero-order valence-electron chi connectivity index (χ0n) is 12.4. The van der Waals surface area contributed by atoms with Gasteiger partial charge in [0.1, 0.15) is 18.0 Å². The maximum Gasteiger partial charge on any atom is 0.261 e. The number of nitrogens with zero attached hydrogens (tertiary/aromatic N) is 1. The minimum atomic E-state index is -1.23. The molecule has 23 heavy (non-hydrogen) atoms. The second-order valence-electron chi connectivity index (χ2n) is 5.56. The highest BCUT2D eigenvalue weighted by atomic mass is 19.1. The summed E-state index contributed by atoms with van der Waals surface area (Å²) in [7, 11) is 0. The minimum absolute atomic E-state index is 0.0463. The molecule has 1 aliphatic heterocycles. The summed E-state index contributed by atoms with van der Waals surface area (Å²) >= 11 is 0. The molecular weight excluding hydrogens is 299 g/mol. The summed E-state index contributed by atoms with van der Waals surface area (Å²) in [6.07, 6.45) is -1.27. The summed E-state index contributed by atoms with van der Waals surface area (Å²) in [6, 6.07) is 12.3. The van der Waals surface area contributed by atoms with Gasteiger partial charge in [0.2, 0.25) is 5.91 Å². The number of ether oxygens (including phenoxy) is 1. The average molecular weight is 316 g/mol. The van der Waals surface area contributed by atoms with E-state index in [-0.39, 0.29) is 19.6 Å². The molecule has 0 bridgehead atoms. The van der Waals surface area contributed by atoms with E-state index in [4.69, 9.17) is 10.5 Å². The first-order valence-corrected chi connectivity index (χ1v) is 7.39. The zero-order chi connectivity index (χ0) is 16.4. The van der Waals surface area contributed by atoms with Gasteiger partial charge in [0, 0.05) is 11.8 Å². The summed E-state index contributed by atoms with van der Waals surface area (Å²) in [5.41, 5.74) is 5.23. The van der Waals surface area contributed by atoms with Gasteiger partial charge in [0.15, 0.2) is 6.61 Å². The fourth-order valence-corrected chi connectivity index (χ4v) is 2.87. The Balaban J connectivity index is 1.72. The highest BCUT2D eigenvalue weighted by molar-refractivity contribution is 5.90. The summed E-state index contributed by atoms with van der Waals surface area (Å²) in [5.74, 6) is -0.561. The number of rotatable bonds is 4. The highest BCUT2D eigenvalue weighted by Gasteiger charge is 2.38. The van der Waals surface area contributed by atoms with Gasteiger partial charge in [0.05, 0.1) is 6.54 Å². The number of hydrogen-bond donors (Lipinski definition) is 1. The van der Waals surface area contributed by atoms with Crippen molar-refractivity contribution in [2.24, 2.45) is 5.73 Å². The smallest absolute Gasteiger partial charge is 0.261 e. The summed E-state index contributed by atoms with van der Waals surface area (Å²) in [5, 5.41) is 1.89. The van der Waals surface area contributed by atoms with Gasteiger partial charge in [-0.2, -0.15) is 0 Å². The number of benzene rings is 2. The first-order valence-electron chi connectivity index (χ1n) is 7.39. The molecule has 2 atom stereocenters. The topological polar surface area (TPSA) is 72.6 Å². The normalized spacial score (nSPS) is 20.7. The number of fused-ring (bicyclic) bond motifs is 1. The standard InChI is InChI=1S/C17H17FN2O3/c18-12-8-14(17(19)22)20(9-12)16(21)10-23-15-7-3-5-11-4-1-2-6-13(11)15/h1-7,12,14H,8-10H2,(H2,19,22)/t12-,14+/m1/s1. The molecule has 0 radical (unpaired) electrons. The number of hydrogen-bond acceptors (Lipinski definition) is 3. The Morgan fingerprint density at radius 1 is 1.22 bits per heavy atom. The maximum absolute atomic E-state index is 13.5. The van der Waals surface area contributed by atoms with Crippen molar-refractivity contribution < 1.29 is 18.7 Å². The molecule has 6 heteroatoms. The van der Waals surface area contributed by atoms with Crippen LogP contribution in [0, 0.1) is 0 Å². The fourth-order valence-electron chi connectivity index (χ4n) is 2.87. The lowest BCUT2D eigenvalue weighted by atomic mass is 10.1. The monoisotopic (exact) mass is 316 g/mol. The van der Waals surface area contributed by atoms with Crippen molar-refractivity contribution in [1.82, 2.24) is 4.90 Å². The van der Waals surface area contributed by atoms with Crippen LogP contribution in [0.1, 0.15) is 6.42 Å². The minimum Gasteiger partial charge on any atom is -0.483 e. The van der Waals surface area contributed by atoms with E-state index in [1.165, 1.54) is 0 Å². The van der Waals surface area contributed by atoms with Crippen molar-refractivity contribution in [2.45, 2.75) is 18.6 Å². The maximum atomic E-state index is 13.5. The number of carbonyl (C=O) groups excluding carboxylic acids is 2. The predicted octanol–water partition coefficient (Wildman–Crippen LogP) is 1.64. The van der Waals surface area contributed by atoms with Crippen LogP contribution in [0.5, 0.6) is 5.75 Å². The van der Waals surface area contributed by atoms with E-state index in [0.29, 0.717) is 5.75 Å². The Bertz CT molecular complexity index is 744. The van der Waals surface area contributed by atoms with Gasteiger partial charge in [-0.15, -0.1) is 0 Å². The summed E-state index contributed by atoms with van der Waals surface area (Å²) in [4.78, 5) is 24.7. The van der Waals surface area contributed by atoms with E-state index in [1.807, 2.05) is 36.4 Å². The van der Waals surface area contributed by atoms with Crippen LogP contribution in [0.4, 0.5) is 4.39 Å². The molecule has 0 aromatic heterocycles. The van der Waals surface area contributed by atoms with Crippen LogP contribution in [-0.2, 0) is 9.59 Å². The van der Waals surface area contributed by atoms with E-state index >= 15 is 0 Å². The highest BCUT2D eigenvalue weighted by Crippen LogP contribution is 2.26. The Morgan fingerprint density at radius 2 is 1.96 bits per heavy atom. The van der Waals surface area contributed by atoms with Gasteiger partial charge in [-0.3, -0.25) is 9.59 Å². The first-order chi connectivity index (χ1) is 11.1. The van der Waals surface area contributed by atoms with E-state index in [1.54, 1.807) is 6.07 Å². The Labute approximate surface area is 132 Å². The fraction of sp³-hybridized carbons (Fsp3) is 0.294. The third kappa shape index (κ3) is 3.11. The SMILES string of the molecule is NC(=O)[C@@H]1C[C@@H](F)CN1C(=O)COc1cccc2ccccc12. The molecule has 0 unspecified atom stereocenters. The van der Waals surface area contributed by atoms with Crippen molar-refractivity contribution in [2.75, 3.05) is 13.2 Å². The molecule has 0 saturated carbocycles. The van der Waals surface area contributed by atoms with Crippen LogP contribution >= 0.6 is 0 Å². The van der Waals surface area contributed by atoms with Gasteiger partial charge in [-0.1, -0.05) is 36.4 Å². The van der Waals surface area contributed by atoms with Crippen molar-refractivity contribution in [3.63, 3.8) is 0 Å². The molecule has 3 rings (SSSR count). The molecule has 2 aromatic carbocycles. The van der Waals surface area contributed by atoms with Crippen LogP contribution in [0.2, 0.25) is 0 Å². The number of halogens is 1. The molecule has 1 aliphatic rings. The molecule has 0 spiro atoms. The van der Waals surface area contributed by atoms with Crippen molar-refractivity contribution in [1.29, 1.82) is 0 Å². The Morgan fingerprint density at radius 3 is 2.74 bits per heavy atom. The molecule has 5 nitrogen and oxygen atoms in total. The van der Waals surface area contributed by atoms with Crippen molar-refractivity contribution in [3.8, 4) is 5.75 Å². The van der Waals surface area contributed by atoms with Gasteiger partial charge in [0.25, 0.3) is 5.91 Å². The predicted molar refractivity (Wildman–Crippen MR) is 83.7 cm³/mol. The Kier molecular flexibility index (Phi) is 4.14. The van der Waals surface area contributed by atoms with Gasteiger partial charge < -0.3 is 15.4 Å². The van der Waals surface area contributed by atoms with Gasteiger partial charge in [-0.05, 0) is 11.5 Å². The molecule has 1 saturated heterocycles. The van der Waals surface area contributed by atoms with E-state index in [9.17, 15) is 14.0 Å². The van der Waals surface area contributed by atoms with E-state index in [0.717, 1.165) is 15.7 Å². The quantitative estimate of drug-likeness (QED) is 0.932. The lowest BCUT2D eigenvalue weighted by Gasteiger charge is -2.22.